The van der Waals surface area contributed by atoms with Gasteiger partial charge in [-0.15, -0.1) is 0 Å². The summed E-state index contributed by atoms with van der Waals surface area (Å²) in [6.07, 6.45) is 1.02. The molecule has 0 aliphatic rings. The second-order valence-corrected chi connectivity index (χ2v) is 12.9. The van der Waals surface area contributed by atoms with Gasteiger partial charge in [-0.3, -0.25) is 13.9 Å². The molecule has 11 heteroatoms. The summed E-state index contributed by atoms with van der Waals surface area (Å²) < 4.78 is 29.4. The highest BCUT2D eigenvalue weighted by molar-refractivity contribution is 9.10. The molecule has 3 aromatic rings. The molecule has 2 atom stereocenters. The number of hydrogen-bond donors (Lipinski definition) is 1. The fourth-order valence-corrected chi connectivity index (χ4v) is 6.22. The second kappa shape index (κ2) is 14.3. The molecule has 0 aromatic heterocycles. The number of sulfonamides is 1. The fourth-order valence-electron chi connectivity index (χ4n) is 4.05. The van der Waals surface area contributed by atoms with E-state index in [0.29, 0.717) is 34.1 Å². The summed E-state index contributed by atoms with van der Waals surface area (Å²) in [7, 11) is -4.13. The van der Waals surface area contributed by atoms with Crippen molar-refractivity contribution in [1.82, 2.24) is 10.2 Å². The molecule has 0 spiro atoms. The molecule has 2 amide bonds. The Morgan fingerprint density at radius 2 is 1.60 bits per heavy atom. The van der Waals surface area contributed by atoms with Crippen molar-refractivity contribution in [2.45, 2.75) is 57.1 Å². The molecule has 0 fully saturated rings. The minimum atomic E-state index is -4.13. The molecule has 3 rings (SSSR count). The van der Waals surface area contributed by atoms with Gasteiger partial charge in [0.2, 0.25) is 11.8 Å². The normalized spacial score (nSPS) is 12.8. The molecular weight excluding hydrogens is 637 g/mol. The van der Waals surface area contributed by atoms with Crippen molar-refractivity contribution in [2.75, 3.05) is 10.8 Å². The molecule has 0 bridgehead atoms. The lowest BCUT2D eigenvalue weighted by Gasteiger charge is -2.34. The lowest BCUT2D eigenvalue weighted by Crippen LogP contribution is -2.53. The molecule has 3 aromatic carbocycles. The van der Waals surface area contributed by atoms with Crippen LogP contribution in [0.3, 0.4) is 0 Å². The Bertz CT molecular complexity index is 1420. The van der Waals surface area contributed by atoms with Gasteiger partial charge >= 0.3 is 0 Å². The first-order valence-electron chi connectivity index (χ1n) is 12.8. The van der Waals surface area contributed by atoms with Crippen LogP contribution in [0.15, 0.2) is 82.2 Å². The standard InChI is InChI=1S/C29H32BrCl2N3O4S/c1-4-20(3)33-29(37)27(5-2)34(18-21-11-14-23(31)17-26(21)32)28(36)19-35(24-15-12-22(30)13-16-24)40(38,39)25-9-7-6-8-10-25/h6-17,20,27H,4-5,18-19H2,1-3H3,(H,33,37)/t20-,27+/m0/s1. The van der Waals surface area contributed by atoms with Crippen LogP contribution in [0.5, 0.6) is 0 Å². The van der Waals surface area contributed by atoms with E-state index in [0.717, 1.165) is 8.78 Å². The maximum absolute atomic E-state index is 14.1. The van der Waals surface area contributed by atoms with E-state index in [1.807, 2.05) is 13.8 Å². The van der Waals surface area contributed by atoms with E-state index in [1.54, 1.807) is 67.6 Å². The Labute approximate surface area is 254 Å². The predicted octanol–water partition coefficient (Wildman–Crippen LogP) is 6.67. The summed E-state index contributed by atoms with van der Waals surface area (Å²) in [6, 6.07) is 18.5. The van der Waals surface area contributed by atoms with Gasteiger partial charge in [-0.05, 0) is 73.9 Å². The number of hydrogen-bond acceptors (Lipinski definition) is 4. The number of anilines is 1. The molecule has 0 saturated carbocycles. The van der Waals surface area contributed by atoms with E-state index in [1.165, 1.54) is 17.0 Å². The Balaban J connectivity index is 2.07. The zero-order chi connectivity index (χ0) is 29.4. The summed E-state index contributed by atoms with van der Waals surface area (Å²) in [5.41, 5.74) is 0.886. The third-order valence-electron chi connectivity index (χ3n) is 6.47. The summed E-state index contributed by atoms with van der Waals surface area (Å²) in [5, 5.41) is 3.72. The van der Waals surface area contributed by atoms with Gasteiger partial charge in [-0.1, -0.05) is 77.2 Å². The Morgan fingerprint density at radius 3 is 2.17 bits per heavy atom. The van der Waals surface area contributed by atoms with Crippen LogP contribution in [-0.2, 0) is 26.2 Å². The maximum Gasteiger partial charge on any atom is 0.264 e. The van der Waals surface area contributed by atoms with Crippen LogP contribution in [-0.4, -0.2) is 43.8 Å². The molecular formula is C29H32BrCl2N3O4S. The van der Waals surface area contributed by atoms with Crippen LogP contribution in [0.25, 0.3) is 0 Å². The van der Waals surface area contributed by atoms with E-state index < -0.39 is 28.5 Å². The number of carbonyl (C=O) groups is 2. The predicted molar refractivity (Wildman–Crippen MR) is 164 cm³/mol. The van der Waals surface area contributed by atoms with Crippen LogP contribution >= 0.6 is 39.1 Å². The SMILES string of the molecule is CC[C@H](C(=O)N[C@@H](C)CC)N(Cc1ccc(Cl)cc1Cl)C(=O)CN(c1ccc(Br)cc1)S(=O)(=O)c1ccccc1. The second-order valence-electron chi connectivity index (χ2n) is 9.30. The van der Waals surface area contributed by atoms with Gasteiger partial charge in [-0.2, -0.15) is 0 Å². The summed E-state index contributed by atoms with van der Waals surface area (Å²) in [4.78, 5) is 28.8. The Kier molecular flexibility index (Phi) is 11.5. The first-order chi connectivity index (χ1) is 19.0. The first-order valence-corrected chi connectivity index (χ1v) is 15.8. The number of amides is 2. The van der Waals surface area contributed by atoms with Crippen molar-refractivity contribution in [1.29, 1.82) is 0 Å². The summed E-state index contributed by atoms with van der Waals surface area (Å²) in [5.74, 6) is -0.879. The van der Waals surface area contributed by atoms with Gasteiger partial charge in [0.05, 0.1) is 10.6 Å². The van der Waals surface area contributed by atoms with Gasteiger partial charge < -0.3 is 10.2 Å². The topological polar surface area (TPSA) is 86.8 Å². The number of rotatable bonds is 12. The van der Waals surface area contributed by atoms with E-state index in [4.69, 9.17) is 23.2 Å². The minimum absolute atomic E-state index is 0.0131. The highest BCUT2D eigenvalue weighted by Gasteiger charge is 2.34. The Morgan fingerprint density at radius 1 is 0.950 bits per heavy atom. The molecule has 0 unspecified atom stereocenters. The van der Waals surface area contributed by atoms with Crippen LogP contribution < -0.4 is 9.62 Å². The molecule has 1 N–H and O–H groups in total. The van der Waals surface area contributed by atoms with Crippen molar-refractivity contribution in [2.24, 2.45) is 0 Å². The van der Waals surface area contributed by atoms with Crippen LogP contribution in [0.2, 0.25) is 10.0 Å². The molecule has 40 heavy (non-hydrogen) atoms. The van der Waals surface area contributed by atoms with Gasteiger partial charge in [0.15, 0.2) is 0 Å². The van der Waals surface area contributed by atoms with E-state index >= 15 is 0 Å². The lowest BCUT2D eigenvalue weighted by molar-refractivity contribution is -0.140. The van der Waals surface area contributed by atoms with Crippen LogP contribution in [0, 0.1) is 0 Å². The average Bonchev–Trinajstić information content (AvgIpc) is 2.93. The van der Waals surface area contributed by atoms with Crippen molar-refractivity contribution in [3.8, 4) is 0 Å². The van der Waals surface area contributed by atoms with Crippen LogP contribution in [0.4, 0.5) is 5.69 Å². The molecule has 0 radical (unpaired) electrons. The number of carbonyl (C=O) groups excluding carboxylic acids is 2. The number of nitrogens with zero attached hydrogens (tertiary/aromatic N) is 2. The van der Waals surface area contributed by atoms with Gasteiger partial charge in [0.25, 0.3) is 10.0 Å². The summed E-state index contributed by atoms with van der Waals surface area (Å²) >= 11 is 15.9. The lowest BCUT2D eigenvalue weighted by atomic mass is 10.1. The number of benzene rings is 3. The minimum Gasteiger partial charge on any atom is -0.352 e. The highest BCUT2D eigenvalue weighted by Crippen LogP contribution is 2.27. The summed E-state index contributed by atoms with van der Waals surface area (Å²) in [6.45, 7) is 5.09. The van der Waals surface area contributed by atoms with Crippen molar-refractivity contribution < 1.29 is 18.0 Å². The largest absolute Gasteiger partial charge is 0.352 e. The molecule has 0 heterocycles. The molecule has 0 aliphatic heterocycles. The number of nitrogens with one attached hydrogen (secondary N) is 1. The van der Waals surface area contributed by atoms with E-state index in [-0.39, 0.29) is 23.4 Å². The van der Waals surface area contributed by atoms with Gasteiger partial charge in [0.1, 0.15) is 12.6 Å². The first kappa shape index (κ1) is 31.9. The number of halogens is 3. The van der Waals surface area contributed by atoms with E-state index in [2.05, 4.69) is 21.2 Å². The zero-order valence-electron chi connectivity index (χ0n) is 22.5. The molecule has 0 saturated heterocycles. The highest BCUT2D eigenvalue weighted by atomic mass is 79.9. The van der Waals surface area contributed by atoms with Crippen molar-refractivity contribution in [3.05, 3.63) is 92.9 Å². The molecule has 0 aliphatic carbocycles. The average molecular weight is 669 g/mol. The monoisotopic (exact) mass is 667 g/mol. The van der Waals surface area contributed by atoms with Crippen molar-refractivity contribution >= 4 is 66.7 Å². The third kappa shape index (κ3) is 8.00. The van der Waals surface area contributed by atoms with Gasteiger partial charge in [0, 0.05) is 27.1 Å². The zero-order valence-corrected chi connectivity index (χ0v) is 26.4. The quantitative estimate of drug-likeness (QED) is 0.234. The van der Waals surface area contributed by atoms with Gasteiger partial charge in [-0.25, -0.2) is 8.42 Å². The molecule has 214 valence electrons. The van der Waals surface area contributed by atoms with Crippen molar-refractivity contribution in [3.63, 3.8) is 0 Å². The third-order valence-corrected chi connectivity index (χ3v) is 9.37. The molecule has 7 nitrogen and oxygen atoms in total. The van der Waals surface area contributed by atoms with E-state index in [9.17, 15) is 18.0 Å². The van der Waals surface area contributed by atoms with Crippen LogP contribution in [0.1, 0.15) is 39.2 Å². The Hall–Kier alpha value is -2.59. The fraction of sp³-hybridized carbons (Fsp3) is 0.310. The maximum atomic E-state index is 14.1. The smallest absolute Gasteiger partial charge is 0.264 e.